The number of thiol groups is 1. The number of pyridine rings is 1. The first-order valence-electron chi connectivity index (χ1n) is 2.33. The van der Waals surface area contributed by atoms with E-state index in [0.717, 1.165) is 9.63 Å². The summed E-state index contributed by atoms with van der Waals surface area (Å²) in [5.41, 5.74) is 0. The molecule has 0 saturated carbocycles. The number of hydrogen-bond acceptors (Lipinski definition) is 3. The van der Waals surface area contributed by atoms with Crippen LogP contribution in [0.2, 0.25) is 0 Å². The molecule has 1 aromatic rings. The molecule has 4 heteroatoms. The molecule has 0 unspecified atom stereocenters. The zero-order chi connectivity index (χ0) is 6.69. The zero-order valence-electron chi connectivity index (χ0n) is 4.52. The Morgan fingerprint density at radius 3 is 2.44 bits per heavy atom. The van der Waals surface area contributed by atoms with Gasteiger partial charge in [-0.25, -0.2) is 0 Å². The first-order valence-corrected chi connectivity index (χ1v) is 4.20. The van der Waals surface area contributed by atoms with Crippen LogP contribution in [-0.2, 0) is 0 Å². The van der Waals surface area contributed by atoms with Gasteiger partial charge in [-0.1, -0.05) is 10.8 Å². The first kappa shape index (κ1) is 6.77. The van der Waals surface area contributed by atoms with E-state index in [1.807, 2.05) is 0 Å². The van der Waals surface area contributed by atoms with Crippen LogP contribution < -0.4 is 4.73 Å². The Labute approximate surface area is 62.3 Å². The topological polar surface area (TPSA) is 26.9 Å². The number of hydrogen-bond donors (Lipinski definition) is 1. The average Bonchev–Trinajstić information content (AvgIpc) is 1.90. The second kappa shape index (κ2) is 2.98. The first-order chi connectivity index (χ1) is 4.33. The van der Waals surface area contributed by atoms with E-state index in [0.29, 0.717) is 0 Å². The third kappa shape index (κ3) is 1.80. The fourth-order valence-electron chi connectivity index (χ4n) is 0.460. The fraction of sp³-hybridized carbons (Fsp3) is 0. The van der Waals surface area contributed by atoms with Crippen LogP contribution in [0, 0.1) is 5.21 Å². The van der Waals surface area contributed by atoms with E-state index in [9.17, 15) is 5.21 Å². The van der Waals surface area contributed by atoms with Crippen LogP contribution in [0.1, 0.15) is 0 Å². The van der Waals surface area contributed by atoms with Crippen LogP contribution in [0.3, 0.4) is 0 Å². The lowest BCUT2D eigenvalue weighted by atomic mass is 10.5. The van der Waals surface area contributed by atoms with Crippen molar-refractivity contribution in [3.63, 3.8) is 0 Å². The van der Waals surface area contributed by atoms with Gasteiger partial charge in [0.25, 0.3) is 0 Å². The maximum absolute atomic E-state index is 10.4. The molecule has 1 aromatic heterocycles. The lowest BCUT2D eigenvalue weighted by Gasteiger charge is -1.93. The van der Waals surface area contributed by atoms with Crippen molar-refractivity contribution in [1.29, 1.82) is 0 Å². The highest BCUT2D eigenvalue weighted by molar-refractivity contribution is 8.68. The largest absolute Gasteiger partial charge is 0.619 e. The van der Waals surface area contributed by atoms with Crippen molar-refractivity contribution >= 4 is 22.5 Å². The quantitative estimate of drug-likeness (QED) is 0.289. The standard InChI is InChI=1S/C5H5NOS2/c7-6-3-1-5(9-8)2-4-6/h1-4,8H. The Morgan fingerprint density at radius 2 is 2.00 bits per heavy atom. The summed E-state index contributed by atoms with van der Waals surface area (Å²) in [5.74, 6) is 0. The second-order valence-corrected chi connectivity index (χ2v) is 2.69. The van der Waals surface area contributed by atoms with Crippen LogP contribution in [0.15, 0.2) is 29.4 Å². The number of rotatable bonds is 1. The number of aromatic nitrogens is 1. The van der Waals surface area contributed by atoms with Gasteiger partial charge in [-0.15, -0.1) is 11.7 Å². The van der Waals surface area contributed by atoms with Gasteiger partial charge in [-0.05, 0) is 0 Å². The highest BCUT2D eigenvalue weighted by atomic mass is 33.1. The Kier molecular flexibility index (Phi) is 2.24. The molecule has 0 aromatic carbocycles. The SMILES string of the molecule is [O-][n+]1ccc(SS)cc1. The van der Waals surface area contributed by atoms with Crippen LogP contribution in [0.25, 0.3) is 0 Å². The average molecular weight is 159 g/mol. The van der Waals surface area contributed by atoms with Gasteiger partial charge in [0.1, 0.15) is 0 Å². The molecule has 2 nitrogen and oxygen atoms in total. The van der Waals surface area contributed by atoms with Gasteiger partial charge in [0.2, 0.25) is 0 Å². The van der Waals surface area contributed by atoms with E-state index >= 15 is 0 Å². The van der Waals surface area contributed by atoms with Gasteiger partial charge in [-0.3, -0.25) is 0 Å². The van der Waals surface area contributed by atoms with E-state index < -0.39 is 0 Å². The highest BCUT2D eigenvalue weighted by Gasteiger charge is 1.89. The van der Waals surface area contributed by atoms with Crippen LogP contribution in [0.4, 0.5) is 0 Å². The minimum Gasteiger partial charge on any atom is -0.619 e. The number of nitrogens with zero attached hydrogens (tertiary/aromatic N) is 1. The summed E-state index contributed by atoms with van der Waals surface area (Å²) >= 11 is 3.95. The van der Waals surface area contributed by atoms with Gasteiger partial charge < -0.3 is 5.21 Å². The monoisotopic (exact) mass is 159 g/mol. The molecule has 9 heavy (non-hydrogen) atoms. The van der Waals surface area contributed by atoms with Crippen molar-refractivity contribution in [2.45, 2.75) is 4.90 Å². The van der Waals surface area contributed by atoms with E-state index in [2.05, 4.69) is 11.7 Å². The van der Waals surface area contributed by atoms with Crippen molar-refractivity contribution in [3.8, 4) is 0 Å². The molecular formula is C5H5NOS2. The minimum atomic E-state index is 0.744. The normalized spacial score (nSPS) is 9.44. The van der Waals surface area contributed by atoms with Gasteiger partial charge in [0, 0.05) is 17.0 Å². The van der Waals surface area contributed by atoms with Crippen LogP contribution in [-0.4, -0.2) is 0 Å². The fourth-order valence-corrected chi connectivity index (χ4v) is 1.07. The molecule has 0 fully saturated rings. The molecule has 0 spiro atoms. The molecule has 0 N–H and O–H groups in total. The second-order valence-electron chi connectivity index (χ2n) is 1.49. The molecule has 0 amide bonds. The molecule has 1 heterocycles. The Bertz CT molecular complexity index is 187. The summed E-state index contributed by atoms with van der Waals surface area (Å²) in [6, 6.07) is 3.43. The van der Waals surface area contributed by atoms with Gasteiger partial charge >= 0.3 is 0 Å². The molecule has 0 atom stereocenters. The Balaban J connectivity index is 2.88. The van der Waals surface area contributed by atoms with Crippen molar-refractivity contribution in [2.24, 2.45) is 0 Å². The van der Waals surface area contributed by atoms with Crippen molar-refractivity contribution in [1.82, 2.24) is 0 Å². The third-order valence-corrected chi connectivity index (χ3v) is 1.99. The van der Waals surface area contributed by atoms with E-state index in [1.165, 1.54) is 23.2 Å². The Morgan fingerprint density at radius 1 is 1.44 bits per heavy atom. The van der Waals surface area contributed by atoms with Crippen LogP contribution in [0.5, 0.6) is 0 Å². The zero-order valence-corrected chi connectivity index (χ0v) is 6.23. The summed E-state index contributed by atoms with van der Waals surface area (Å²) < 4.78 is 0.744. The molecule has 0 aliphatic carbocycles. The third-order valence-electron chi connectivity index (χ3n) is 0.877. The molecule has 0 radical (unpaired) electrons. The summed E-state index contributed by atoms with van der Waals surface area (Å²) in [5, 5.41) is 10.4. The summed E-state index contributed by atoms with van der Waals surface area (Å²) in [6.45, 7) is 0. The van der Waals surface area contributed by atoms with Crippen molar-refractivity contribution in [3.05, 3.63) is 29.7 Å². The van der Waals surface area contributed by atoms with E-state index in [4.69, 9.17) is 0 Å². The Hall–Kier alpha value is -0.350. The molecule has 0 aliphatic rings. The molecule has 0 saturated heterocycles. The lowest BCUT2D eigenvalue weighted by Crippen LogP contribution is -2.23. The van der Waals surface area contributed by atoms with Gasteiger partial charge in [0.05, 0.1) is 0 Å². The molecule has 48 valence electrons. The predicted molar refractivity (Wildman–Crippen MR) is 40.2 cm³/mol. The van der Waals surface area contributed by atoms with Crippen LogP contribution >= 0.6 is 22.5 Å². The highest BCUT2D eigenvalue weighted by Crippen LogP contribution is 2.18. The van der Waals surface area contributed by atoms with Gasteiger partial charge in [-0.2, -0.15) is 4.73 Å². The smallest absolute Gasteiger partial charge is 0.181 e. The van der Waals surface area contributed by atoms with E-state index in [1.54, 1.807) is 12.1 Å². The maximum atomic E-state index is 10.4. The lowest BCUT2D eigenvalue weighted by molar-refractivity contribution is -0.605. The minimum absolute atomic E-state index is 0.744. The summed E-state index contributed by atoms with van der Waals surface area (Å²) in [4.78, 5) is 0.977. The molecule has 1 rings (SSSR count). The maximum Gasteiger partial charge on any atom is 0.181 e. The molecule has 0 bridgehead atoms. The molecular weight excluding hydrogens is 154 g/mol. The van der Waals surface area contributed by atoms with Gasteiger partial charge in [0.15, 0.2) is 12.4 Å². The summed E-state index contributed by atoms with van der Waals surface area (Å²) in [7, 11) is 1.32. The van der Waals surface area contributed by atoms with Crippen molar-refractivity contribution in [2.75, 3.05) is 0 Å². The molecule has 0 aliphatic heterocycles. The predicted octanol–water partition coefficient (Wildman–Crippen LogP) is 1.26. The van der Waals surface area contributed by atoms with E-state index in [-0.39, 0.29) is 0 Å². The van der Waals surface area contributed by atoms with Crippen molar-refractivity contribution < 1.29 is 4.73 Å². The summed E-state index contributed by atoms with van der Waals surface area (Å²) in [6.07, 6.45) is 2.89.